The summed E-state index contributed by atoms with van der Waals surface area (Å²) < 4.78 is 10.7. The van der Waals surface area contributed by atoms with Crippen molar-refractivity contribution in [2.75, 3.05) is 13.7 Å². The lowest BCUT2D eigenvalue weighted by molar-refractivity contribution is 0.0863. The number of carbonyl (C=O) groups is 2. The van der Waals surface area contributed by atoms with Crippen LogP contribution in [0.3, 0.4) is 0 Å². The van der Waals surface area contributed by atoms with Crippen molar-refractivity contribution in [3.05, 3.63) is 22.6 Å². The maximum absolute atomic E-state index is 12.3. The first-order chi connectivity index (χ1) is 9.75. The molecule has 0 aromatic carbocycles. The van der Waals surface area contributed by atoms with Gasteiger partial charge < -0.3 is 14.5 Å². The van der Waals surface area contributed by atoms with E-state index in [2.05, 4.69) is 5.32 Å². The number of carbonyl (C=O) groups excluding carboxylic acids is 2. The Bertz CT molecular complexity index is 571. The predicted octanol–water partition coefficient (Wildman–Crippen LogP) is 2.51. The standard InChI is InChI=1S/C16H23NO4/c1-9(8-20-5)17-15(19)14-10(2)13-11(18)6-16(3,4)7-12(13)21-14/h9H,6-8H2,1-5H3,(H,17,19). The number of nitrogens with one attached hydrogen (secondary N) is 1. The summed E-state index contributed by atoms with van der Waals surface area (Å²) in [7, 11) is 1.58. The maximum Gasteiger partial charge on any atom is 0.287 e. The van der Waals surface area contributed by atoms with E-state index in [-0.39, 0.29) is 28.9 Å². The molecular weight excluding hydrogens is 270 g/mol. The molecule has 1 heterocycles. The lowest BCUT2D eigenvalue weighted by Crippen LogP contribution is -2.35. The van der Waals surface area contributed by atoms with Crippen LogP contribution in [0.1, 0.15) is 59.4 Å². The fourth-order valence-electron chi connectivity index (χ4n) is 2.88. The summed E-state index contributed by atoms with van der Waals surface area (Å²) in [4.78, 5) is 24.5. The number of methoxy groups -OCH3 is 1. The zero-order chi connectivity index (χ0) is 15.8. The van der Waals surface area contributed by atoms with Crippen molar-refractivity contribution >= 4 is 11.7 Å². The van der Waals surface area contributed by atoms with Crippen LogP contribution in [0.25, 0.3) is 0 Å². The first-order valence-corrected chi connectivity index (χ1v) is 7.20. The first kappa shape index (κ1) is 15.8. The molecule has 1 atom stereocenters. The Morgan fingerprint density at radius 2 is 2.10 bits per heavy atom. The second-order valence-electron chi connectivity index (χ2n) is 6.63. The molecule has 1 aliphatic carbocycles. The highest BCUT2D eigenvalue weighted by Crippen LogP contribution is 2.38. The Hall–Kier alpha value is -1.62. The van der Waals surface area contributed by atoms with Gasteiger partial charge in [0, 0.05) is 31.6 Å². The Morgan fingerprint density at radius 1 is 1.43 bits per heavy atom. The average Bonchev–Trinajstić information content (AvgIpc) is 2.64. The summed E-state index contributed by atoms with van der Waals surface area (Å²) in [5.74, 6) is 0.649. The second kappa shape index (κ2) is 5.64. The molecule has 0 saturated carbocycles. The molecule has 0 radical (unpaired) electrons. The molecule has 21 heavy (non-hydrogen) atoms. The van der Waals surface area contributed by atoms with E-state index in [9.17, 15) is 9.59 Å². The molecular formula is C16H23NO4. The SMILES string of the molecule is COCC(C)NC(=O)c1oc2c(c1C)C(=O)CC(C)(C)C2. The van der Waals surface area contributed by atoms with Gasteiger partial charge in [0.2, 0.25) is 0 Å². The van der Waals surface area contributed by atoms with Crippen molar-refractivity contribution in [1.29, 1.82) is 0 Å². The van der Waals surface area contributed by atoms with Crippen LogP contribution in [0.15, 0.2) is 4.42 Å². The molecule has 116 valence electrons. The van der Waals surface area contributed by atoms with Gasteiger partial charge in [-0.15, -0.1) is 0 Å². The molecule has 0 spiro atoms. The Labute approximate surface area is 125 Å². The van der Waals surface area contributed by atoms with Gasteiger partial charge in [-0.2, -0.15) is 0 Å². The van der Waals surface area contributed by atoms with Gasteiger partial charge in [-0.05, 0) is 19.3 Å². The van der Waals surface area contributed by atoms with Crippen LogP contribution in [0.5, 0.6) is 0 Å². The summed E-state index contributed by atoms with van der Waals surface area (Å²) in [6.07, 6.45) is 1.16. The maximum atomic E-state index is 12.3. The number of hydrogen-bond acceptors (Lipinski definition) is 4. The fraction of sp³-hybridized carbons (Fsp3) is 0.625. The highest BCUT2D eigenvalue weighted by molar-refractivity contribution is 6.03. The van der Waals surface area contributed by atoms with Crippen molar-refractivity contribution in [1.82, 2.24) is 5.32 Å². The van der Waals surface area contributed by atoms with Gasteiger partial charge in [-0.1, -0.05) is 13.8 Å². The zero-order valence-electron chi connectivity index (χ0n) is 13.3. The number of ketones is 1. The third kappa shape index (κ3) is 3.18. The van der Waals surface area contributed by atoms with Crippen LogP contribution >= 0.6 is 0 Å². The largest absolute Gasteiger partial charge is 0.455 e. The molecule has 1 unspecified atom stereocenters. The van der Waals surface area contributed by atoms with Crippen LogP contribution in [-0.4, -0.2) is 31.4 Å². The number of Topliss-reactive ketones (excluding diaryl/α,β-unsaturated/α-hetero) is 1. The Kier molecular flexibility index (Phi) is 4.23. The van der Waals surface area contributed by atoms with Gasteiger partial charge in [-0.25, -0.2) is 0 Å². The molecule has 1 aromatic heterocycles. The van der Waals surface area contributed by atoms with Crippen molar-refractivity contribution in [2.45, 2.75) is 46.6 Å². The molecule has 1 N–H and O–H groups in total. The van der Waals surface area contributed by atoms with Gasteiger partial charge in [0.25, 0.3) is 5.91 Å². The second-order valence-corrected chi connectivity index (χ2v) is 6.63. The summed E-state index contributed by atoms with van der Waals surface area (Å²) in [5, 5.41) is 2.81. The van der Waals surface area contributed by atoms with Gasteiger partial charge >= 0.3 is 0 Å². The molecule has 0 bridgehead atoms. The molecule has 1 aliphatic rings. The molecule has 0 saturated heterocycles. The van der Waals surface area contributed by atoms with E-state index in [4.69, 9.17) is 9.15 Å². The monoisotopic (exact) mass is 293 g/mol. The summed E-state index contributed by atoms with van der Waals surface area (Å²) in [6, 6.07) is -0.115. The molecule has 0 fully saturated rings. The smallest absolute Gasteiger partial charge is 0.287 e. The topological polar surface area (TPSA) is 68.5 Å². The summed E-state index contributed by atoms with van der Waals surface area (Å²) >= 11 is 0. The Balaban J connectivity index is 2.28. The zero-order valence-corrected chi connectivity index (χ0v) is 13.3. The number of hydrogen-bond donors (Lipinski definition) is 1. The first-order valence-electron chi connectivity index (χ1n) is 7.20. The molecule has 1 aromatic rings. The molecule has 5 nitrogen and oxygen atoms in total. The van der Waals surface area contributed by atoms with Crippen molar-refractivity contribution in [2.24, 2.45) is 5.41 Å². The number of rotatable bonds is 4. The van der Waals surface area contributed by atoms with E-state index in [0.29, 0.717) is 36.3 Å². The third-order valence-corrected chi connectivity index (χ3v) is 3.78. The molecule has 0 aliphatic heterocycles. The summed E-state index contributed by atoms with van der Waals surface area (Å²) in [5.41, 5.74) is 1.12. The van der Waals surface area contributed by atoms with Crippen LogP contribution in [0.2, 0.25) is 0 Å². The van der Waals surface area contributed by atoms with Gasteiger partial charge in [0.15, 0.2) is 11.5 Å². The van der Waals surface area contributed by atoms with Crippen LogP contribution in [0, 0.1) is 12.3 Å². The molecule has 5 heteroatoms. The third-order valence-electron chi connectivity index (χ3n) is 3.78. The molecule has 1 amide bonds. The normalized spacial score (nSPS) is 18.2. The van der Waals surface area contributed by atoms with Crippen LogP contribution in [0.4, 0.5) is 0 Å². The number of ether oxygens (including phenoxy) is 1. The van der Waals surface area contributed by atoms with Crippen molar-refractivity contribution in [3.63, 3.8) is 0 Å². The number of fused-ring (bicyclic) bond motifs is 1. The number of furan rings is 1. The lowest BCUT2D eigenvalue weighted by Gasteiger charge is -2.27. The minimum absolute atomic E-state index is 0.0616. The Morgan fingerprint density at radius 3 is 2.71 bits per heavy atom. The van der Waals surface area contributed by atoms with Crippen LogP contribution in [-0.2, 0) is 11.2 Å². The van der Waals surface area contributed by atoms with Crippen molar-refractivity contribution < 1.29 is 18.7 Å². The minimum atomic E-state index is -0.294. The summed E-state index contributed by atoms with van der Waals surface area (Å²) in [6.45, 7) is 8.12. The quantitative estimate of drug-likeness (QED) is 0.926. The molecule has 2 rings (SSSR count). The highest BCUT2D eigenvalue weighted by atomic mass is 16.5. The van der Waals surface area contributed by atoms with E-state index in [1.807, 2.05) is 20.8 Å². The van der Waals surface area contributed by atoms with Gasteiger partial charge in [0.1, 0.15) is 5.76 Å². The van der Waals surface area contributed by atoms with E-state index in [0.717, 1.165) is 0 Å². The fourth-order valence-corrected chi connectivity index (χ4v) is 2.88. The predicted molar refractivity (Wildman–Crippen MR) is 78.7 cm³/mol. The van der Waals surface area contributed by atoms with E-state index < -0.39 is 0 Å². The average molecular weight is 293 g/mol. The number of amides is 1. The van der Waals surface area contributed by atoms with Crippen LogP contribution < -0.4 is 5.32 Å². The van der Waals surface area contributed by atoms with Gasteiger partial charge in [0.05, 0.1) is 12.2 Å². The van der Waals surface area contributed by atoms with Crippen molar-refractivity contribution in [3.8, 4) is 0 Å². The van der Waals surface area contributed by atoms with E-state index >= 15 is 0 Å². The van der Waals surface area contributed by atoms with Gasteiger partial charge in [-0.3, -0.25) is 9.59 Å². The lowest BCUT2D eigenvalue weighted by atomic mass is 9.76. The van der Waals surface area contributed by atoms with E-state index in [1.165, 1.54) is 0 Å². The highest BCUT2D eigenvalue weighted by Gasteiger charge is 2.37. The minimum Gasteiger partial charge on any atom is -0.455 e. The van der Waals surface area contributed by atoms with E-state index in [1.54, 1.807) is 14.0 Å².